The fourth-order valence-electron chi connectivity index (χ4n) is 2.31. The van der Waals surface area contributed by atoms with E-state index in [1.807, 2.05) is 20.8 Å². The average molecular weight is 255 g/mol. The van der Waals surface area contributed by atoms with Gasteiger partial charge in [0.25, 0.3) is 0 Å². The summed E-state index contributed by atoms with van der Waals surface area (Å²) in [6, 6.07) is 0. The van der Waals surface area contributed by atoms with Gasteiger partial charge in [-0.05, 0) is 30.1 Å². The maximum atomic E-state index is 11.0. The van der Waals surface area contributed by atoms with Crippen LogP contribution in [0.5, 0.6) is 0 Å². The Bertz CT molecular complexity index is 353. The molecular weight excluding hydrogens is 230 g/mol. The van der Waals surface area contributed by atoms with Gasteiger partial charge in [-0.15, -0.1) is 0 Å². The predicted octanol–water partition coefficient (Wildman–Crippen LogP) is 3.17. The molecular formula is C14H25NO3. The monoisotopic (exact) mass is 255 g/mol. The Labute approximate surface area is 109 Å². The van der Waals surface area contributed by atoms with Crippen molar-refractivity contribution in [3.05, 3.63) is 0 Å². The first-order valence-corrected chi connectivity index (χ1v) is 6.44. The van der Waals surface area contributed by atoms with Crippen LogP contribution >= 0.6 is 0 Å². The molecule has 1 aliphatic carbocycles. The van der Waals surface area contributed by atoms with E-state index >= 15 is 0 Å². The quantitative estimate of drug-likeness (QED) is 0.606. The van der Waals surface area contributed by atoms with Gasteiger partial charge in [-0.1, -0.05) is 39.8 Å². The van der Waals surface area contributed by atoms with Crippen molar-refractivity contribution in [1.82, 2.24) is 0 Å². The number of carboxylic acid groups (broad SMARTS) is 1. The Hall–Kier alpha value is -1.06. The lowest BCUT2D eigenvalue weighted by atomic mass is 9.99. The van der Waals surface area contributed by atoms with Crippen LogP contribution in [0.3, 0.4) is 0 Å². The van der Waals surface area contributed by atoms with Crippen molar-refractivity contribution in [2.45, 2.75) is 48.0 Å². The Morgan fingerprint density at radius 1 is 1.39 bits per heavy atom. The van der Waals surface area contributed by atoms with E-state index in [-0.39, 0.29) is 22.7 Å². The van der Waals surface area contributed by atoms with Gasteiger partial charge in [0.05, 0.1) is 11.6 Å². The van der Waals surface area contributed by atoms with Crippen molar-refractivity contribution in [1.29, 1.82) is 0 Å². The minimum absolute atomic E-state index is 0.0895. The lowest BCUT2D eigenvalue weighted by molar-refractivity contribution is -0.139. The Morgan fingerprint density at radius 3 is 2.33 bits per heavy atom. The summed E-state index contributed by atoms with van der Waals surface area (Å²) in [5.74, 6) is -0.768. The van der Waals surface area contributed by atoms with Gasteiger partial charge in [0.1, 0.15) is 6.61 Å². The van der Waals surface area contributed by atoms with E-state index < -0.39 is 5.97 Å². The van der Waals surface area contributed by atoms with E-state index in [1.165, 1.54) is 0 Å². The highest BCUT2D eigenvalue weighted by Gasteiger charge is 2.61. The third-order valence-corrected chi connectivity index (χ3v) is 3.55. The molecule has 0 aromatic carbocycles. The molecule has 0 bridgehead atoms. The Morgan fingerprint density at radius 2 is 1.94 bits per heavy atom. The van der Waals surface area contributed by atoms with E-state index in [1.54, 1.807) is 0 Å². The second kappa shape index (κ2) is 4.90. The number of oxime groups is 1. The van der Waals surface area contributed by atoms with Crippen LogP contribution in [0.25, 0.3) is 0 Å². The second-order valence-corrected chi connectivity index (χ2v) is 7.11. The molecule has 0 saturated heterocycles. The SMILES string of the molecule is CC(C[C@H]1[C@@H](C(=O)O)C1(C)C)=NOCC(C)(C)C. The van der Waals surface area contributed by atoms with Crippen molar-refractivity contribution in [3.8, 4) is 0 Å². The highest BCUT2D eigenvalue weighted by Crippen LogP contribution is 2.60. The summed E-state index contributed by atoms with van der Waals surface area (Å²) < 4.78 is 0. The summed E-state index contributed by atoms with van der Waals surface area (Å²) in [5.41, 5.74) is 0.847. The first kappa shape index (κ1) is 15.0. The van der Waals surface area contributed by atoms with Gasteiger partial charge >= 0.3 is 5.97 Å². The largest absolute Gasteiger partial charge is 0.481 e. The van der Waals surface area contributed by atoms with Gasteiger partial charge < -0.3 is 9.94 Å². The lowest BCUT2D eigenvalue weighted by Crippen LogP contribution is -2.13. The normalized spacial score (nSPS) is 26.9. The van der Waals surface area contributed by atoms with Gasteiger partial charge in [0.15, 0.2) is 0 Å². The maximum absolute atomic E-state index is 11.0. The minimum atomic E-state index is -0.701. The molecule has 104 valence electrons. The zero-order valence-electron chi connectivity index (χ0n) is 12.3. The summed E-state index contributed by atoms with van der Waals surface area (Å²) >= 11 is 0. The highest BCUT2D eigenvalue weighted by molar-refractivity contribution is 5.84. The van der Waals surface area contributed by atoms with E-state index in [9.17, 15) is 4.79 Å². The van der Waals surface area contributed by atoms with Crippen molar-refractivity contribution >= 4 is 11.7 Å². The van der Waals surface area contributed by atoms with Crippen LogP contribution in [0.15, 0.2) is 5.16 Å². The van der Waals surface area contributed by atoms with Crippen LogP contribution in [0.1, 0.15) is 48.0 Å². The van der Waals surface area contributed by atoms with Crippen LogP contribution in [-0.4, -0.2) is 23.4 Å². The average Bonchev–Trinajstić information content (AvgIpc) is 2.65. The molecule has 18 heavy (non-hydrogen) atoms. The summed E-state index contributed by atoms with van der Waals surface area (Å²) in [7, 11) is 0. The van der Waals surface area contributed by atoms with Crippen molar-refractivity contribution in [3.63, 3.8) is 0 Å². The molecule has 0 unspecified atom stereocenters. The number of hydrogen-bond donors (Lipinski definition) is 1. The molecule has 0 heterocycles. The fraction of sp³-hybridized carbons (Fsp3) is 0.857. The standard InChI is InChI=1S/C14H25NO3/c1-9(15-18-8-13(2,3)4)7-10-11(12(16)17)14(10,5)6/h10-11H,7-8H2,1-6H3,(H,16,17)/t10-,11-/m0/s1. The summed E-state index contributed by atoms with van der Waals surface area (Å²) in [6.07, 6.45) is 0.702. The van der Waals surface area contributed by atoms with E-state index in [0.717, 1.165) is 5.71 Å². The smallest absolute Gasteiger partial charge is 0.307 e. The molecule has 4 heteroatoms. The number of nitrogens with zero attached hydrogens (tertiary/aromatic N) is 1. The number of carboxylic acids is 1. The van der Waals surface area contributed by atoms with Gasteiger partial charge in [0, 0.05) is 0 Å². The molecule has 0 spiro atoms. The number of rotatable bonds is 5. The van der Waals surface area contributed by atoms with E-state index in [4.69, 9.17) is 9.94 Å². The molecule has 0 amide bonds. The van der Waals surface area contributed by atoms with Crippen LogP contribution in [0, 0.1) is 22.7 Å². The highest BCUT2D eigenvalue weighted by atomic mass is 16.6. The fourth-order valence-corrected chi connectivity index (χ4v) is 2.31. The predicted molar refractivity (Wildman–Crippen MR) is 71.5 cm³/mol. The molecule has 1 rings (SSSR count). The number of carbonyl (C=O) groups is 1. The third kappa shape index (κ3) is 3.72. The first-order chi connectivity index (χ1) is 8.05. The van der Waals surface area contributed by atoms with Crippen LogP contribution < -0.4 is 0 Å². The minimum Gasteiger partial charge on any atom is -0.481 e. The zero-order chi connectivity index (χ0) is 14.1. The number of hydrogen-bond acceptors (Lipinski definition) is 3. The molecule has 2 atom stereocenters. The van der Waals surface area contributed by atoms with Crippen molar-refractivity contribution in [2.75, 3.05) is 6.61 Å². The van der Waals surface area contributed by atoms with Gasteiger partial charge in [-0.25, -0.2) is 0 Å². The molecule has 1 N–H and O–H groups in total. The lowest BCUT2D eigenvalue weighted by Gasteiger charge is -2.15. The molecule has 4 nitrogen and oxygen atoms in total. The molecule has 0 radical (unpaired) electrons. The zero-order valence-corrected chi connectivity index (χ0v) is 12.3. The Balaban J connectivity index is 2.44. The summed E-state index contributed by atoms with van der Waals surface area (Å²) in [5, 5.41) is 13.2. The van der Waals surface area contributed by atoms with Crippen LogP contribution in [0.2, 0.25) is 0 Å². The molecule has 0 aromatic rings. The molecule has 0 aromatic heterocycles. The first-order valence-electron chi connectivity index (χ1n) is 6.44. The molecule has 0 aliphatic heterocycles. The van der Waals surface area contributed by atoms with Crippen molar-refractivity contribution in [2.24, 2.45) is 27.8 Å². The van der Waals surface area contributed by atoms with Crippen molar-refractivity contribution < 1.29 is 14.7 Å². The van der Waals surface area contributed by atoms with Crippen LogP contribution in [-0.2, 0) is 9.63 Å². The molecule has 1 fully saturated rings. The number of aliphatic carboxylic acids is 1. The Kier molecular flexibility index (Phi) is 4.08. The van der Waals surface area contributed by atoms with Gasteiger partial charge in [-0.2, -0.15) is 0 Å². The second-order valence-electron chi connectivity index (χ2n) is 7.11. The van der Waals surface area contributed by atoms with E-state index in [0.29, 0.717) is 13.0 Å². The maximum Gasteiger partial charge on any atom is 0.307 e. The topological polar surface area (TPSA) is 58.9 Å². The van der Waals surface area contributed by atoms with Gasteiger partial charge in [-0.3, -0.25) is 4.79 Å². The van der Waals surface area contributed by atoms with E-state index in [2.05, 4.69) is 25.9 Å². The molecule has 1 saturated carbocycles. The molecule has 1 aliphatic rings. The van der Waals surface area contributed by atoms with Gasteiger partial charge in [0.2, 0.25) is 0 Å². The third-order valence-electron chi connectivity index (χ3n) is 3.55. The summed E-state index contributed by atoms with van der Waals surface area (Å²) in [4.78, 5) is 16.3. The summed E-state index contributed by atoms with van der Waals surface area (Å²) in [6.45, 7) is 12.7. The van der Waals surface area contributed by atoms with Crippen LogP contribution in [0.4, 0.5) is 0 Å².